The highest BCUT2D eigenvalue weighted by Gasteiger charge is 2.50. The Labute approximate surface area is 190 Å². The highest BCUT2D eigenvalue weighted by Crippen LogP contribution is 2.46. The monoisotopic (exact) mass is 460 g/mol. The third kappa shape index (κ3) is 5.31. The Morgan fingerprint density at radius 2 is 1.82 bits per heavy atom. The van der Waals surface area contributed by atoms with Crippen molar-refractivity contribution in [3.8, 4) is 5.75 Å². The third-order valence-corrected chi connectivity index (χ3v) is 6.80. The van der Waals surface area contributed by atoms with Crippen LogP contribution < -0.4 is 10.1 Å². The maximum absolute atomic E-state index is 12.8. The summed E-state index contributed by atoms with van der Waals surface area (Å²) in [7, 11) is 0. The van der Waals surface area contributed by atoms with Crippen LogP contribution in [-0.4, -0.2) is 35.9 Å². The normalized spacial score (nSPS) is 24.6. The quantitative estimate of drug-likeness (QED) is 0.671. The summed E-state index contributed by atoms with van der Waals surface area (Å²) in [5.74, 6) is 1.04. The van der Waals surface area contributed by atoms with Crippen LogP contribution in [-0.2, 0) is 22.3 Å². The molecule has 176 valence electrons. The fourth-order valence-corrected chi connectivity index (χ4v) is 5.09. The van der Waals surface area contributed by atoms with E-state index >= 15 is 0 Å². The van der Waals surface area contributed by atoms with Crippen LogP contribution in [0.25, 0.3) is 0 Å². The molecule has 33 heavy (non-hydrogen) atoms. The number of halogens is 3. The highest BCUT2D eigenvalue weighted by molar-refractivity contribution is 5.80. The number of fused-ring (bicyclic) bond motifs is 1. The lowest BCUT2D eigenvalue weighted by atomic mass is 9.88. The van der Waals surface area contributed by atoms with Gasteiger partial charge < -0.3 is 15.0 Å². The van der Waals surface area contributed by atoms with E-state index in [0.29, 0.717) is 36.7 Å². The first-order valence-corrected chi connectivity index (χ1v) is 11.1. The molecule has 0 bridgehead atoms. The molecule has 4 rings (SSSR count). The van der Waals surface area contributed by atoms with Crippen LogP contribution in [0.3, 0.4) is 0 Å². The number of likely N-dealkylation sites (tertiary alicyclic amines) is 1. The molecular weight excluding hydrogens is 433 g/mol. The molecule has 2 aromatic rings. The molecule has 0 radical (unpaired) electrons. The van der Waals surface area contributed by atoms with Gasteiger partial charge in [0, 0.05) is 25.6 Å². The summed E-state index contributed by atoms with van der Waals surface area (Å²) in [6.45, 7) is 2.82. The van der Waals surface area contributed by atoms with Crippen molar-refractivity contribution in [1.29, 1.82) is 0 Å². The van der Waals surface area contributed by atoms with Crippen molar-refractivity contribution >= 4 is 11.8 Å². The molecule has 8 heteroatoms. The Morgan fingerprint density at radius 3 is 2.48 bits per heavy atom. The Hall–Kier alpha value is -3.03. The number of para-hydroxylation sites is 1. The van der Waals surface area contributed by atoms with Gasteiger partial charge in [0.05, 0.1) is 5.56 Å². The number of nitrogens with zero attached hydrogens (tertiary/aromatic N) is 1. The van der Waals surface area contributed by atoms with E-state index in [-0.39, 0.29) is 36.3 Å². The number of carbonyl (C=O) groups is 2. The molecule has 1 N–H and O–H groups in total. The van der Waals surface area contributed by atoms with Crippen LogP contribution in [0.15, 0.2) is 54.6 Å². The van der Waals surface area contributed by atoms with E-state index in [0.717, 1.165) is 18.6 Å². The van der Waals surface area contributed by atoms with E-state index in [1.807, 2.05) is 18.2 Å². The minimum atomic E-state index is -4.38. The molecule has 0 spiro atoms. The van der Waals surface area contributed by atoms with Crippen LogP contribution in [0.5, 0.6) is 5.75 Å². The van der Waals surface area contributed by atoms with Crippen LogP contribution in [0, 0.1) is 17.8 Å². The van der Waals surface area contributed by atoms with E-state index in [1.54, 1.807) is 17.0 Å². The van der Waals surface area contributed by atoms with Gasteiger partial charge >= 0.3 is 6.18 Å². The smallest absolute Gasteiger partial charge is 0.416 e. The number of amides is 2. The molecule has 2 fully saturated rings. The molecule has 2 aromatic carbocycles. The lowest BCUT2D eigenvalue weighted by Crippen LogP contribution is -2.36. The van der Waals surface area contributed by atoms with Crippen molar-refractivity contribution in [2.75, 3.05) is 13.2 Å². The van der Waals surface area contributed by atoms with E-state index < -0.39 is 11.7 Å². The van der Waals surface area contributed by atoms with Gasteiger partial charge in [0.1, 0.15) is 5.75 Å². The molecular formula is C25H27F3N2O3. The second-order valence-corrected chi connectivity index (χ2v) is 8.93. The number of benzene rings is 2. The average molecular weight is 460 g/mol. The Balaban J connectivity index is 1.32. The van der Waals surface area contributed by atoms with Crippen molar-refractivity contribution in [3.05, 3.63) is 65.7 Å². The summed E-state index contributed by atoms with van der Waals surface area (Å²) in [5, 5.41) is 2.94. The van der Waals surface area contributed by atoms with Crippen LogP contribution in [0.4, 0.5) is 13.2 Å². The summed E-state index contributed by atoms with van der Waals surface area (Å²) < 4.78 is 43.9. The number of carbonyl (C=O) groups excluding carboxylic acids is 2. The summed E-state index contributed by atoms with van der Waals surface area (Å²) in [6.07, 6.45) is -3.16. The number of hydrogen-bond acceptors (Lipinski definition) is 3. The van der Waals surface area contributed by atoms with Crippen molar-refractivity contribution < 1.29 is 27.5 Å². The molecule has 1 saturated heterocycles. The van der Waals surface area contributed by atoms with Crippen LogP contribution in [0.1, 0.15) is 30.9 Å². The van der Waals surface area contributed by atoms with Gasteiger partial charge in [-0.2, -0.15) is 13.2 Å². The Morgan fingerprint density at radius 1 is 1.12 bits per heavy atom. The van der Waals surface area contributed by atoms with Gasteiger partial charge in [-0.3, -0.25) is 9.59 Å². The number of alkyl halides is 3. The predicted octanol–water partition coefficient (Wildman–Crippen LogP) is 4.27. The molecule has 1 saturated carbocycles. The van der Waals surface area contributed by atoms with E-state index in [2.05, 4.69) is 12.2 Å². The standard InChI is InChI=1S/C25H27F3N2O3/c1-16-11-22-20(21(16)13-29-23(31)15-33-19-5-3-2-4-6-19)12-24(32)30(22)14-17-7-9-18(10-8-17)25(26,27)28/h2-10,16,20-22H,11-15H2,1H3,(H,29,31)/t16-,20-,21+,22+/m0/s1. The average Bonchev–Trinajstić information content (AvgIpc) is 3.24. The SMILES string of the molecule is C[C@H]1C[C@@H]2[C@@H](CC(=O)N2Cc2ccc(C(F)(F)F)cc2)[C@@H]1CNC(=O)COc1ccccc1. The summed E-state index contributed by atoms with van der Waals surface area (Å²) in [6, 6.07) is 14.1. The zero-order valence-electron chi connectivity index (χ0n) is 18.3. The fourth-order valence-electron chi connectivity index (χ4n) is 5.09. The van der Waals surface area contributed by atoms with Gasteiger partial charge in [0.25, 0.3) is 5.91 Å². The Kier molecular flexibility index (Phi) is 6.63. The number of hydrogen-bond donors (Lipinski definition) is 1. The molecule has 0 aromatic heterocycles. The van der Waals surface area contributed by atoms with Gasteiger partial charge in [-0.25, -0.2) is 0 Å². The molecule has 1 heterocycles. The van der Waals surface area contributed by atoms with E-state index in [4.69, 9.17) is 4.74 Å². The number of nitrogens with one attached hydrogen (secondary N) is 1. The second-order valence-electron chi connectivity index (χ2n) is 8.93. The van der Waals surface area contributed by atoms with Gasteiger partial charge in [0.2, 0.25) is 5.91 Å². The number of rotatable bonds is 7. The van der Waals surface area contributed by atoms with E-state index in [9.17, 15) is 22.8 Å². The fraction of sp³-hybridized carbons (Fsp3) is 0.440. The zero-order valence-corrected chi connectivity index (χ0v) is 18.3. The molecule has 2 aliphatic rings. The summed E-state index contributed by atoms with van der Waals surface area (Å²) >= 11 is 0. The Bertz CT molecular complexity index is 979. The molecule has 1 aliphatic carbocycles. The van der Waals surface area contributed by atoms with Gasteiger partial charge in [-0.05, 0) is 54.0 Å². The molecule has 2 amide bonds. The van der Waals surface area contributed by atoms with Crippen molar-refractivity contribution in [2.24, 2.45) is 17.8 Å². The van der Waals surface area contributed by atoms with E-state index in [1.165, 1.54) is 12.1 Å². The molecule has 4 atom stereocenters. The van der Waals surface area contributed by atoms with Crippen LogP contribution in [0.2, 0.25) is 0 Å². The minimum Gasteiger partial charge on any atom is -0.484 e. The lowest BCUT2D eigenvalue weighted by molar-refractivity contribution is -0.137. The van der Waals surface area contributed by atoms with Crippen molar-refractivity contribution in [2.45, 2.75) is 38.5 Å². The van der Waals surface area contributed by atoms with Crippen molar-refractivity contribution in [3.63, 3.8) is 0 Å². The first kappa shape index (κ1) is 23.1. The lowest BCUT2D eigenvalue weighted by Gasteiger charge is -2.25. The third-order valence-electron chi connectivity index (χ3n) is 6.80. The van der Waals surface area contributed by atoms with Gasteiger partial charge in [-0.1, -0.05) is 37.3 Å². The first-order valence-electron chi connectivity index (χ1n) is 11.1. The minimum absolute atomic E-state index is 0.0144. The topological polar surface area (TPSA) is 58.6 Å². The first-order chi connectivity index (χ1) is 15.7. The molecule has 0 unspecified atom stereocenters. The second kappa shape index (κ2) is 9.45. The predicted molar refractivity (Wildman–Crippen MR) is 116 cm³/mol. The highest BCUT2D eigenvalue weighted by atomic mass is 19.4. The van der Waals surface area contributed by atoms with Crippen LogP contribution >= 0.6 is 0 Å². The summed E-state index contributed by atoms with van der Waals surface area (Å²) in [4.78, 5) is 26.7. The molecule has 1 aliphatic heterocycles. The van der Waals surface area contributed by atoms with Gasteiger partial charge in [-0.15, -0.1) is 0 Å². The maximum atomic E-state index is 12.8. The largest absolute Gasteiger partial charge is 0.484 e. The summed E-state index contributed by atoms with van der Waals surface area (Å²) in [5.41, 5.74) is -0.0159. The zero-order chi connectivity index (χ0) is 23.6. The van der Waals surface area contributed by atoms with Gasteiger partial charge in [0.15, 0.2) is 6.61 Å². The van der Waals surface area contributed by atoms with Crippen molar-refractivity contribution in [1.82, 2.24) is 10.2 Å². The molecule has 5 nitrogen and oxygen atoms in total. The number of ether oxygens (including phenoxy) is 1. The maximum Gasteiger partial charge on any atom is 0.416 e.